The fourth-order valence-electron chi connectivity index (χ4n) is 3.61. The van der Waals surface area contributed by atoms with E-state index in [9.17, 15) is 9.59 Å². The smallest absolute Gasteiger partial charge is 0.282 e. The molecule has 2 aromatic rings. The summed E-state index contributed by atoms with van der Waals surface area (Å²) >= 11 is 0. The fraction of sp³-hybridized carbons (Fsp3) is 0.240. The standard InChI is InChI=1S/C25H26N4O2/c1-4-14-28-15-21(24(30)26-19-12-10-18(11-13-19)17(2)3)23-22(16-28)25(31)29(27-23)20-8-6-5-7-9-20/h5-13,15-17H,4,14H2,1-3H3,(H,26,30). The molecular formula is C25H26N4O2. The van der Waals surface area contributed by atoms with Gasteiger partial charge in [-0.1, -0.05) is 51.1 Å². The van der Waals surface area contributed by atoms with Crippen molar-refractivity contribution in [2.45, 2.75) is 39.7 Å². The van der Waals surface area contributed by atoms with Crippen LogP contribution in [0.5, 0.6) is 0 Å². The van der Waals surface area contributed by atoms with Crippen LogP contribution in [0.4, 0.5) is 5.69 Å². The molecule has 1 amide bonds. The third kappa shape index (κ3) is 4.14. The van der Waals surface area contributed by atoms with Crippen molar-refractivity contribution in [2.75, 3.05) is 5.32 Å². The first-order chi connectivity index (χ1) is 15.0. The minimum Gasteiger partial charge on any atom is -0.353 e. The van der Waals surface area contributed by atoms with Gasteiger partial charge in [0.1, 0.15) is 5.69 Å². The Balaban J connectivity index is 1.76. The molecule has 0 saturated heterocycles. The number of fused-ring (bicyclic) bond motifs is 1. The van der Waals surface area contributed by atoms with Crippen LogP contribution >= 0.6 is 0 Å². The van der Waals surface area contributed by atoms with Crippen LogP contribution in [0.3, 0.4) is 0 Å². The molecule has 0 aliphatic carbocycles. The van der Waals surface area contributed by atoms with Crippen LogP contribution in [-0.2, 0) is 6.54 Å². The van der Waals surface area contributed by atoms with Crippen molar-refractivity contribution in [2.24, 2.45) is 0 Å². The molecule has 2 aromatic carbocycles. The van der Waals surface area contributed by atoms with Gasteiger partial charge < -0.3 is 9.88 Å². The molecule has 0 radical (unpaired) electrons. The maximum absolute atomic E-state index is 13.2. The van der Waals surface area contributed by atoms with E-state index in [1.807, 2.05) is 59.2 Å². The molecule has 2 heterocycles. The van der Waals surface area contributed by atoms with E-state index < -0.39 is 0 Å². The summed E-state index contributed by atoms with van der Waals surface area (Å²) in [4.78, 5) is 26.3. The highest BCUT2D eigenvalue weighted by atomic mass is 16.2. The minimum atomic E-state index is -0.287. The molecule has 6 nitrogen and oxygen atoms in total. The number of carbonyl (C=O) groups is 1. The molecule has 0 fully saturated rings. The van der Waals surface area contributed by atoms with Crippen molar-refractivity contribution in [1.29, 1.82) is 0 Å². The summed E-state index contributed by atoms with van der Waals surface area (Å²) in [6, 6.07) is 17.1. The van der Waals surface area contributed by atoms with Gasteiger partial charge in [0.25, 0.3) is 11.5 Å². The topological polar surface area (TPSA) is 68.9 Å². The van der Waals surface area contributed by atoms with E-state index in [1.165, 1.54) is 10.2 Å². The second-order valence-corrected chi connectivity index (χ2v) is 7.96. The van der Waals surface area contributed by atoms with E-state index in [4.69, 9.17) is 0 Å². The van der Waals surface area contributed by atoms with Crippen LogP contribution < -0.4 is 10.9 Å². The highest BCUT2D eigenvalue weighted by molar-refractivity contribution is 6.08. The normalized spacial score (nSPS) is 11.2. The zero-order valence-electron chi connectivity index (χ0n) is 18.0. The lowest BCUT2D eigenvalue weighted by Crippen LogP contribution is -2.17. The molecule has 2 aliphatic heterocycles. The average molecular weight is 415 g/mol. The van der Waals surface area contributed by atoms with Gasteiger partial charge in [-0.3, -0.25) is 9.59 Å². The van der Waals surface area contributed by atoms with Crippen LogP contribution in [-0.4, -0.2) is 20.3 Å². The van der Waals surface area contributed by atoms with Crippen molar-refractivity contribution >= 4 is 11.6 Å². The Kier molecular flexibility index (Phi) is 5.71. The van der Waals surface area contributed by atoms with E-state index in [0.29, 0.717) is 40.7 Å². The van der Waals surface area contributed by atoms with E-state index in [1.54, 1.807) is 12.4 Å². The first kappa shape index (κ1) is 20.6. The third-order valence-corrected chi connectivity index (χ3v) is 5.29. The SMILES string of the molecule is CCCn1cc(C(=O)Nc2ccc(C(C)C)cc2)c2nn(-c3ccccc3)c(=O)c-2c1. The molecule has 2 aliphatic rings. The molecule has 0 spiro atoms. The Hall–Kier alpha value is -3.67. The van der Waals surface area contributed by atoms with Gasteiger partial charge in [0.2, 0.25) is 0 Å². The van der Waals surface area contributed by atoms with Gasteiger partial charge in [0.15, 0.2) is 0 Å². The lowest BCUT2D eigenvalue weighted by Gasteiger charge is -2.13. The molecule has 0 aromatic heterocycles. The second kappa shape index (κ2) is 8.60. The zero-order valence-corrected chi connectivity index (χ0v) is 18.0. The number of hydrogen-bond acceptors (Lipinski definition) is 3. The third-order valence-electron chi connectivity index (χ3n) is 5.29. The minimum absolute atomic E-state index is 0.234. The molecule has 0 atom stereocenters. The average Bonchev–Trinajstić information content (AvgIpc) is 3.11. The molecule has 0 bridgehead atoms. The highest BCUT2D eigenvalue weighted by Crippen LogP contribution is 2.24. The number of nitrogens with one attached hydrogen (secondary N) is 1. The van der Waals surface area contributed by atoms with Crippen LogP contribution in [0.1, 0.15) is 49.0 Å². The van der Waals surface area contributed by atoms with Gasteiger partial charge in [-0.15, -0.1) is 0 Å². The van der Waals surface area contributed by atoms with Crippen LogP contribution in [0.25, 0.3) is 16.9 Å². The number of carbonyl (C=O) groups excluding carboxylic acids is 1. The number of pyridine rings is 1. The van der Waals surface area contributed by atoms with Gasteiger partial charge in [0.05, 0.1) is 16.8 Å². The Morgan fingerprint density at radius 1 is 1.03 bits per heavy atom. The predicted octanol–water partition coefficient (Wildman–Crippen LogP) is 4.92. The zero-order chi connectivity index (χ0) is 22.0. The summed E-state index contributed by atoms with van der Waals surface area (Å²) in [5, 5.41) is 7.46. The lowest BCUT2D eigenvalue weighted by molar-refractivity contribution is 0.102. The number of benzene rings is 2. The van der Waals surface area contributed by atoms with Crippen LogP contribution in [0.15, 0.2) is 71.8 Å². The van der Waals surface area contributed by atoms with Crippen LogP contribution in [0.2, 0.25) is 0 Å². The monoisotopic (exact) mass is 414 g/mol. The summed E-state index contributed by atoms with van der Waals surface area (Å²) in [5.41, 5.74) is 3.56. The molecule has 1 N–H and O–H groups in total. The van der Waals surface area contributed by atoms with E-state index in [-0.39, 0.29) is 11.5 Å². The van der Waals surface area contributed by atoms with Gasteiger partial charge >= 0.3 is 0 Å². The van der Waals surface area contributed by atoms with Crippen LogP contribution in [0, 0.1) is 0 Å². The molecule has 4 rings (SSSR count). The number of rotatable bonds is 6. The number of hydrogen-bond donors (Lipinski definition) is 1. The lowest BCUT2D eigenvalue weighted by atomic mass is 10.0. The van der Waals surface area contributed by atoms with Crippen molar-refractivity contribution in [1.82, 2.24) is 14.3 Å². The molecular weight excluding hydrogens is 388 g/mol. The Morgan fingerprint density at radius 3 is 2.39 bits per heavy atom. The number of aromatic nitrogens is 3. The first-order valence-corrected chi connectivity index (χ1v) is 10.6. The number of aryl methyl sites for hydroxylation is 1. The van der Waals surface area contributed by atoms with Gasteiger partial charge in [-0.05, 0) is 42.2 Å². The number of amides is 1. The predicted molar refractivity (Wildman–Crippen MR) is 123 cm³/mol. The largest absolute Gasteiger partial charge is 0.353 e. The summed E-state index contributed by atoms with van der Waals surface area (Å²) in [5.74, 6) is 0.134. The Bertz CT molecular complexity index is 1220. The van der Waals surface area contributed by atoms with Crippen molar-refractivity contribution in [3.8, 4) is 16.9 Å². The maximum Gasteiger partial charge on any atom is 0.282 e. The Labute approximate surface area is 181 Å². The van der Waals surface area contributed by atoms with Gasteiger partial charge in [0, 0.05) is 24.6 Å². The van der Waals surface area contributed by atoms with Crippen molar-refractivity contribution < 1.29 is 4.79 Å². The summed E-state index contributed by atoms with van der Waals surface area (Å²) in [6.45, 7) is 7.02. The Morgan fingerprint density at radius 2 is 1.74 bits per heavy atom. The fourth-order valence-corrected chi connectivity index (χ4v) is 3.61. The maximum atomic E-state index is 13.2. The van der Waals surface area contributed by atoms with E-state index in [0.717, 1.165) is 6.42 Å². The highest BCUT2D eigenvalue weighted by Gasteiger charge is 2.24. The molecule has 0 saturated carbocycles. The van der Waals surface area contributed by atoms with Crippen molar-refractivity contribution in [3.63, 3.8) is 0 Å². The quantitative estimate of drug-likeness (QED) is 0.487. The number of para-hydroxylation sites is 1. The molecule has 31 heavy (non-hydrogen) atoms. The molecule has 6 heteroatoms. The number of anilines is 1. The second-order valence-electron chi connectivity index (χ2n) is 7.96. The summed E-state index contributed by atoms with van der Waals surface area (Å²) in [7, 11) is 0. The van der Waals surface area contributed by atoms with Gasteiger partial charge in [-0.25, -0.2) is 0 Å². The molecule has 158 valence electrons. The van der Waals surface area contributed by atoms with Gasteiger partial charge in [-0.2, -0.15) is 9.78 Å². The summed E-state index contributed by atoms with van der Waals surface area (Å²) < 4.78 is 3.24. The first-order valence-electron chi connectivity index (χ1n) is 10.6. The summed E-state index contributed by atoms with van der Waals surface area (Å²) in [6.07, 6.45) is 4.43. The number of nitrogens with zero attached hydrogens (tertiary/aromatic N) is 3. The molecule has 0 unspecified atom stereocenters. The van der Waals surface area contributed by atoms with E-state index in [2.05, 4.69) is 31.2 Å². The van der Waals surface area contributed by atoms with E-state index >= 15 is 0 Å². The van der Waals surface area contributed by atoms with Crippen molar-refractivity contribution in [3.05, 3.63) is 88.5 Å².